The van der Waals surface area contributed by atoms with Crippen LogP contribution in [-0.4, -0.2) is 19.2 Å². The van der Waals surface area contributed by atoms with Gasteiger partial charge in [0, 0.05) is 11.8 Å². The lowest BCUT2D eigenvalue weighted by Crippen LogP contribution is -2.30. The molecule has 106 valence electrons. The number of methoxy groups -OCH3 is 1. The lowest BCUT2D eigenvalue weighted by Gasteiger charge is -2.22. The molecule has 0 aliphatic carbocycles. The van der Waals surface area contributed by atoms with Crippen molar-refractivity contribution in [3.8, 4) is 5.75 Å². The number of alkyl halides is 3. The molecule has 0 unspecified atom stereocenters. The summed E-state index contributed by atoms with van der Waals surface area (Å²) in [5.74, 6) is -1.56. The molecule has 0 aliphatic heterocycles. The Morgan fingerprint density at radius 3 is 2.21 bits per heavy atom. The number of carbonyl (C=O) groups is 1. The molecule has 1 aromatic rings. The van der Waals surface area contributed by atoms with Crippen molar-refractivity contribution < 1.29 is 22.7 Å². The summed E-state index contributed by atoms with van der Waals surface area (Å²) >= 11 is 0. The number of hydrogen-bond donors (Lipinski definition) is 1. The third kappa shape index (κ3) is 3.87. The molecule has 0 saturated carbocycles. The van der Waals surface area contributed by atoms with Crippen LogP contribution in [0.3, 0.4) is 0 Å². The van der Waals surface area contributed by atoms with Gasteiger partial charge in [0.2, 0.25) is 0 Å². The minimum absolute atomic E-state index is 0.0483. The van der Waals surface area contributed by atoms with Gasteiger partial charge in [-0.3, -0.25) is 4.79 Å². The molecule has 0 spiro atoms. The number of hydrogen-bond acceptors (Lipinski definition) is 2. The molecular weight excluding hydrogens is 259 g/mol. The largest absolute Gasteiger partial charge is 0.496 e. The van der Waals surface area contributed by atoms with E-state index in [4.69, 9.17) is 4.74 Å². The van der Waals surface area contributed by atoms with Crippen molar-refractivity contribution in [1.82, 2.24) is 0 Å². The number of ether oxygens (including phenoxy) is 1. The van der Waals surface area contributed by atoms with E-state index in [0.29, 0.717) is 5.75 Å². The predicted octanol–water partition coefficient (Wildman–Crippen LogP) is 3.49. The summed E-state index contributed by atoms with van der Waals surface area (Å²) in [6.07, 6.45) is -4.91. The first-order chi connectivity index (χ1) is 8.55. The van der Waals surface area contributed by atoms with Crippen LogP contribution in [0.2, 0.25) is 0 Å². The summed E-state index contributed by atoms with van der Waals surface area (Å²) in [5, 5.41) is 1.79. The monoisotopic (exact) mass is 275 g/mol. The Bertz CT molecular complexity index is 476. The molecule has 0 atom stereocenters. The number of carbonyl (C=O) groups excluding carboxylic acids is 1. The molecule has 0 radical (unpaired) electrons. The van der Waals surface area contributed by atoms with Gasteiger partial charge in [-0.1, -0.05) is 26.8 Å². The third-order valence-electron chi connectivity index (χ3n) is 2.52. The Morgan fingerprint density at radius 1 is 1.21 bits per heavy atom. The summed E-state index contributed by atoms with van der Waals surface area (Å²) in [6, 6.07) is 4.45. The van der Waals surface area contributed by atoms with Gasteiger partial charge in [-0.2, -0.15) is 13.2 Å². The summed E-state index contributed by atoms with van der Waals surface area (Å²) in [5.41, 5.74) is 0.685. The van der Waals surface area contributed by atoms with E-state index < -0.39 is 12.1 Å². The van der Waals surface area contributed by atoms with Gasteiger partial charge >= 0.3 is 12.1 Å². The van der Waals surface area contributed by atoms with Gasteiger partial charge in [-0.25, -0.2) is 0 Å². The van der Waals surface area contributed by atoms with Crippen LogP contribution in [0, 0.1) is 0 Å². The van der Waals surface area contributed by atoms with E-state index in [9.17, 15) is 18.0 Å². The summed E-state index contributed by atoms with van der Waals surface area (Å²) < 4.78 is 41.6. The van der Waals surface area contributed by atoms with E-state index in [1.165, 1.54) is 19.2 Å². The third-order valence-corrected chi connectivity index (χ3v) is 2.52. The zero-order valence-corrected chi connectivity index (χ0v) is 11.2. The van der Waals surface area contributed by atoms with Gasteiger partial charge in [0.1, 0.15) is 5.75 Å². The number of benzene rings is 1. The molecule has 3 nitrogen and oxygen atoms in total. The first-order valence-corrected chi connectivity index (χ1v) is 5.62. The summed E-state index contributed by atoms with van der Waals surface area (Å²) in [7, 11) is 1.43. The number of halogens is 3. The van der Waals surface area contributed by atoms with Crippen LogP contribution in [0.25, 0.3) is 0 Å². The van der Waals surface area contributed by atoms with Crippen molar-refractivity contribution in [3.05, 3.63) is 23.8 Å². The molecule has 1 aromatic carbocycles. The SMILES string of the molecule is COc1cc(NC(=O)C(F)(F)F)ccc1C(C)(C)C. The quantitative estimate of drug-likeness (QED) is 0.897. The fraction of sp³-hybridized carbons (Fsp3) is 0.462. The van der Waals surface area contributed by atoms with Crippen molar-refractivity contribution in [2.45, 2.75) is 32.4 Å². The van der Waals surface area contributed by atoms with Gasteiger partial charge < -0.3 is 10.1 Å². The molecule has 0 aliphatic rings. The molecular formula is C13H16F3NO2. The van der Waals surface area contributed by atoms with Crippen LogP contribution in [0.15, 0.2) is 18.2 Å². The second-order valence-electron chi connectivity index (χ2n) is 5.12. The van der Waals surface area contributed by atoms with E-state index in [1.54, 1.807) is 11.4 Å². The van der Waals surface area contributed by atoms with Crippen molar-refractivity contribution in [1.29, 1.82) is 0 Å². The highest BCUT2D eigenvalue weighted by Gasteiger charge is 2.38. The highest BCUT2D eigenvalue weighted by Crippen LogP contribution is 2.33. The fourth-order valence-corrected chi connectivity index (χ4v) is 1.59. The van der Waals surface area contributed by atoms with E-state index in [2.05, 4.69) is 0 Å². The Morgan fingerprint density at radius 2 is 1.79 bits per heavy atom. The molecule has 0 saturated heterocycles. The molecule has 0 heterocycles. The number of rotatable bonds is 2. The minimum Gasteiger partial charge on any atom is -0.496 e. The van der Waals surface area contributed by atoms with E-state index >= 15 is 0 Å². The van der Waals surface area contributed by atoms with Crippen LogP contribution in [0.5, 0.6) is 5.75 Å². The van der Waals surface area contributed by atoms with Crippen molar-refractivity contribution in [2.24, 2.45) is 0 Å². The Kier molecular flexibility index (Phi) is 4.12. The number of amides is 1. The average Bonchev–Trinajstić information content (AvgIpc) is 2.26. The molecule has 0 aromatic heterocycles. The first kappa shape index (κ1) is 15.3. The van der Waals surface area contributed by atoms with Gasteiger partial charge in [-0.15, -0.1) is 0 Å². The van der Waals surface area contributed by atoms with Crippen LogP contribution >= 0.6 is 0 Å². The van der Waals surface area contributed by atoms with Gasteiger partial charge in [-0.05, 0) is 17.0 Å². The molecule has 1 rings (SSSR count). The van der Waals surface area contributed by atoms with Gasteiger partial charge in [0.15, 0.2) is 0 Å². The second-order valence-corrected chi connectivity index (χ2v) is 5.12. The maximum atomic E-state index is 12.1. The van der Waals surface area contributed by atoms with Gasteiger partial charge in [0.05, 0.1) is 7.11 Å². The standard InChI is InChI=1S/C13H16F3NO2/c1-12(2,3)9-6-5-8(7-10(9)19-4)17-11(18)13(14,15)16/h5-7H,1-4H3,(H,17,18). The number of anilines is 1. The summed E-state index contributed by atoms with van der Waals surface area (Å²) in [4.78, 5) is 10.8. The lowest BCUT2D eigenvalue weighted by atomic mass is 9.86. The number of nitrogens with one attached hydrogen (secondary N) is 1. The minimum atomic E-state index is -4.91. The Labute approximate surface area is 109 Å². The maximum absolute atomic E-state index is 12.1. The van der Waals surface area contributed by atoms with Crippen molar-refractivity contribution in [3.63, 3.8) is 0 Å². The van der Waals surface area contributed by atoms with Gasteiger partial charge in [0.25, 0.3) is 0 Å². The van der Waals surface area contributed by atoms with Crippen LogP contribution < -0.4 is 10.1 Å². The zero-order chi connectivity index (χ0) is 14.8. The molecule has 19 heavy (non-hydrogen) atoms. The highest BCUT2D eigenvalue weighted by atomic mass is 19.4. The highest BCUT2D eigenvalue weighted by molar-refractivity contribution is 5.95. The maximum Gasteiger partial charge on any atom is 0.471 e. The normalized spacial score (nSPS) is 12.2. The average molecular weight is 275 g/mol. The Hall–Kier alpha value is -1.72. The second kappa shape index (κ2) is 5.11. The molecule has 6 heteroatoms. The van der Waals surface area contributed by atoms with E-state index in [0.717, 1.165) is 5.56 Å². The molecule has 1 N–H and O–H groups in total. The molecule has 0 fully saturated rings. The summed E-state index contributed by atoms with van der Waals surface area (Å²) in [6.45, 7) is 5.87. The topological polar surface area (TPSA) is 38.3 Å². The van der Waals surface area contributed by atoms with Crippen LogP contribution in [0.1, 0.15) is 26.3 Å². The fourth-order valence-electron chi connectivity index (χ4n) is 1.59. The lowest BCUT2D eigenvalue weighted by molar-refractivity contribution is -0.167. The first-order valence-electron chi connectivity index (χ1n) is 5.62. The predicted molar refractivity (Wildman–Crippen MR) is 66.4 cm³/mol. The van der Waals surface area contributed by atoms with Crippen LogP contribution in [-0.2, 0) is 10.2 Å². The molecule has 1 amide bonds. The smallest absolute Gasteiger partial charge is 0.471 e. The molecule has 0 bridgehead atoms. The zero-order valence-electron chi connectivity index (χ0n) is 11.2. The van der Waals surface area contributed by atoms with Crippen molar-refractivity contribution in [2.75, 3.05) is 12.4 Å². The van der Waals surface area contributed by atoms with E-state index in [1.807, 2.05) is 20.8 Å². The Balaban J connectivity index is 3.05. The van der Waals surface area contributed by atoms with E-state index in [-0.39, 0.29) is 11.1 Å². The van der Waals surface area contributed by atoms with Crippen molar-refractivity contribution >= 4 is 11.6 Å². The van der Waals surface area contributed by atoms with Crippen LogP contribution in [0.4, 0.5) is 18.9 Å².